The van der Waals surface area contributed by atoms with Crippen LogP contribution in [0, 0.1) is 0 Å². The van der Waals surface area contributed by atoms with Gasteiger partial charge in [0, 0.05) is 43.7 Å². The number of anilines is 1. The first-order valence-electron chi connectivity index (χ1n) is 9.55. The van der Waals surface area contributed by atoms with Crippen molar-refractivity contribution in [1.82, 2.24) is 14.6 Å². The molecule has 1 aromatic heterocycles. The summed E-state index contributed by atoms with van der Waals surface area (Å²) in [6, 6.07) is 16.0. The fourth-order valence-corrected chi connectivity index (χ4v) is 4.06. The maximum absolute atomic E-state index is 12.5. The van der Waals surface area contributed by atoms with Gasteiger partial charge in [-0.3, -0.25) is 9.69 Å². The lowest BCUT2D eigenvalue weighted by molar-refractivity contribution is 0.0342. The number of amides is 1. The minimum Gasteiger partial charge on any atom is -0.379 e. The average molecular weight is 397 g/mol. The van der Waals surface area contributed by atoms with Gasteiger partial charge >= 0.3 is 0 Å². The summed E-state index contributed by atoms with van der Waals surface area (Å²) in [5.41, 5.74) is 1.85. The molecule has 0 radical (unpaired) electrons. The highest BCUT2D eigenvalue weighted by Gasteiger charge is 2.12. The normalized spacial score (nSPS) is 14.9. The van der Waals surface area contributed by atoms with Gasteiger partial charge in [-0.2, -0.15) is 4.37 Å². The lowest BCUT2D eigenvalue weighted by Crippen LogP contribution is -2.35. The summed E-state index contributed by atoms with van der Waals surface area (Å²) in [5.74, 6) is 0.830. The van der Waals surface area contributed by atoms with Crippen LogP contribution in [0.3, 0.4) is 0 Å². The zero-order chi connectivity index (χ0) is 19.2. The van der Waals surface area contributed by atoms with Crippen LogP contribution >= 0.6 is 11.5 Å². The topological polar surface area (TPSA) is 66.5 Å². The minimum atomic E-state index is -0.0474. The number of carbonyl (C=O) groups excluding carboxylic acids is 1. The van der Waals surface area contributed by atoms with E-state index in [0.29, 0.717) is 18.7 Å². The molecular weight excluding hydrogens is 372 g/mol. The Kier molecular flexibility index (Phi) is 6.16. The van der Waals surface area contributed by atoms with E-state index in [4.69, 9.17) is 4.74 Å². The molecule has 0 unspecified atom stereocenters. The summed E-state index contributed by atoms with van der Waals surface area (Å²) >= 11 is 1.48. The van der Waals surface area contributed by atoms with Crippen molar-refractivity contribution in [3.8, 4) is 0 Å². The average Bonchev–Trinajstić information content (AvgIpc) is 3.15. The SMILES string of the molecule is O=C(NCCNc1nsc2ccccc12)c1cccc(CN2CCOCC2)c1. The second-order valence-electron chi connectivity index (χ2n) is 6.80. The number of ether oxygens (including phenoxy) is 1. The van der Waals surface area contributed by atoms with Gasteiger partial charge in [0.25, 0.3) is 5.91 Å². The maximum Gasteiger partial charge on any atom is 0.251 e. The van der Waals surface area contributed by atoms with Gasteiger partial charge in [0.15, 0.2) is 0 Å². The van der Waals surface area contributed by atoms with E-state index in [9.17, 15) is 4.79 Å². The van der Waals surface area contributed by atoms with Crippen molar-refractivity contribution in [2.75, 3.05) is 44.7 Å². The highest BCUT2D eigenvalue weighted by Crippen LogP contribution is 2.25. The van der Waals surface area contributed by atoms with Crippen LogP contribution in [0.5, 0.6) is 0 Å². The Morgan fingerprint density at radius 2 is 1.96 bits per heavy atom. The zero-order valence-electron chi connectivity index (χ0n) is 15.7. The summed E-state index contributed by atoms with van der Waals surface area (Å²) in [7, 11) is 0. The Morgan fingerprint density at radius 3 is 2.86 bits per heavy atom. The third-order valence-corrected chi connectivity index (χ3v) is 5.61. The smallest absolute Gasteiger partial charge is 0.251 e. The number of carbonyl (C=O) groups is 1. The van der Waals surface area contributed by atoms with E-state index in [1.165, 1.54) is 11.5 Å². The second-order valence-corrected chi connectivity index (χ2v) is 7.60. The van der Waals surface area contributed by atoms with Gasteiger partial charge < -0.3 is 15.4 Å². The Labute approximate surface area is 168 Å². The van der Waals surface area contributed by atoms with Crippen molar-refractivity contribution >= 4 is 33.3 Å². The summed E-state index contributed by atoms with van der Waals surface area (Å²) in [4.78, 5) is 14.8. The van der Waals surface area contributed by atoms with Crippen molar-refractivity contribution in [2.24, 2.45) is 0 Å². The zero-order valence-corrected chi connectivity index (χ0v) is 16.5. The standard InChI is InChI=1S/C21H24N4O2S/c26-21(17-5-3-4-16(14-17)15-25-10-12-27-13-11-25)23-9-8-22-20-18-6-1-2-7-19(18)28-24-20/h1-7,14H,8-13,15H2,(H,22,24)(H,23,26). The number of benzene rings is 2. The molecule has 2 aromatic carbocycles. The summed E-state index contributed by atoms with van der Waals surface area (Å²) < 4.78 is 11.0. The van der Waals surface area contributed by atoms with E-state index in [0.717, 1.165) is 54.3 Å². The summed E-state index contributed by atoms with van der Waals surface area (Å²) in [6.45, 7) is 5.46. The van der Waals surface area contributed by atoms with Crippen LogP contribution in [0.4, 0.5) is 5.82 Å². The summed E-state index contributed by atoms with van der Waals surface area (Å²) in [6.07, 6.45) is 0. The molecule has 2 heterocycles. The molecule has 1 aliphatic rings. The molecule has 0 aliphatic carbocycles. The molecule has 0 spiro atoms. The van der Waals surface area contributed by atoms with E-state index in [1.807, 2.05) is 30.3 Å². The van der Waals surface area contributed by atoms with Crippen LogP contribution in [0.25, 0.3) is 10.1 Å². The van der Waals surface area contributed by atoms with Gasteiger partial charge in [-0.1, -0.05) is 24.3 Å². The van der Waals surface area contributed by atoms with Crippen molar-refractivity contribution in [3.63, 3.8) is 0 Å². The van der Waals surface area contributed by atoms with Gasteiger partial charge in [0.1, 0.15) is 5.82 Å². The number of nitrogens with zero attached hydrogens (tertiary/aromatic N) is 2. The van der Waals surface area contributed by atoms with Crippen LogP contribution in [-0.4, -0.2) is 54.6 Å². The third-order valence-electron chi connectivity index (χ3n) is 4.78. The largest absolute Gasteiger partial charge is 0.379 e. The van der Waals surface area contributed by atoms with E-state index >= 15 is 0 Å². The number of aromatic nitrogens is 1. The Morgan fingerprint density at radius 1 is 1.11 bits per heavy atom. The molecular formula is C21H24N4O2S. The fourth-order valence-electron chi connectivity index (χ4n) is 3.30. The van der Waals surface area contributed by atoms with Gasteiger partial charge in [-0.05, 0) is 41.4 Å². The van der Waals surface area contributed by atoms with Gasteiger partial charge in [-0.15, -0.1) is 0 Å². The number of rotatable bonds is 7. The molecule has 0 saturated carbocycles. The van der Waals surface area contributed by atoms with E-state index in [2.05, 4.69) is 38.1 Å². The highest BCUT2D eigenvalue weighted by molar-refractivity contribution is 7.13. The van der Waals surface area contributed by atoms with Gasteiger partial charge in [-0.25, -0.2) is 0 Å². The van der Waals surface area contributed by atoms with Gasteiger partial charge in [0.05, 0.1) is 17.9 Å². The molecule has 2 N–H and O–H groups in total. The predicted octanol–water partition coefficient (Wildman–Crippen LogP) is 2.97. The Bertz CT molecular complexity index is 937. The number of nitrogens with one attached hydrogen (secondary N) is 2. The molecule has 0 atom stereocenters. The molecule has 1 amide bonds. The maximum atomic E-state index is 12.5. The van der Waals surface area contributed by atoms with Crippen LogP contribution in [-0.2, 0) is 11.3 Å². The molecule has 7 heteroatoms. The van der Waals surface area contributed by atoms with Crippen LogP contribution in [0.15, 0.2) is 48.5 Å². The first-order chi connectivity index (χ1) is 13.8. The lowest BCUT2D eigenvalue weighted by atomic mass is 10.1. The number of hydrogen-bond acceptors (Lipinski definition) is 6. The Balaban J connectivity index is 1.27. The second kappa shape index (κ2) is 9.14. The lowest BCUT2D eigenvalue weighted by Gasteiger charge is -2.26. The fraction of sp³-hybridized carbons (Fsp3) is 0.333. The molecule has 1 fully saturated rings. The van der Waals surface area contributed by atoms with E-state index in [1.54, 1.807) is 0 Å². The first-order valence-corrected chi connectivity index (χ1v) is 10.3. The highest BCUT2D eigenvalue weighted by atomic mass is 32.1. The third kappa shape index (κ3) is 4.67. The van der Waals surface area contributed by atoms with E-state index < -0.39 is 0 Å². The minimum absolute atomic E-state index is 0.0474. The van der Waals surface area contributed by atoms with Crippen LogP contribution in [0.1, 0.15) is 15.9 Å². The number of morpholine rings is 1. The summed E-state index contributed by atoms with van der Waals surface area (Å²) in [5, 5.41) is 7.41. The van der Waals surface area contributed by atoms with Crippen LogP contribution in [0.2, 0.25) is 0 Å². The van der Waals surface area contributed by atoms with Gasteiger partial charge in [0.2, 0.25) is 0 Å². The molecule has 0 bridgehead atoms. The molecule has 1 saturated heterocycles. The monoisotopic (exact) mass is 396 g/mol. The first kappa shape index (κ1) is 18.9. The number of hydrogen-bond donors (Lipinski definition) is 2. The van der Waals surface area contributed by atoms with Crippen molar-refractivity contribution in [1.29, 1.82) is 0 Å². The quantitative estimate of drug-likeness (QED) is 0.601. The molecule has 28 heavy (non-hydrogen) atoms. The molecule has 1 aliphatic heterocycles. The van der Waals surface area contributed by atoms with Crippen LogP contribution < -0.4 is 10.6 Å². The Hall–Kier alpha value is -2.48. The molecule has 146 valence electrons. The van der Waals surface area contributed by atoms with Crippen molar-refractivity contribution in [2.45, 2.75) is 6.54 Å². The predicted molar refractivity (Wildman–Crippen MR) is 113 cm³/mol. The van der Waals surface area contributed by atoms with Crippen molar-refractivity contribution in [3.05, 3.63) is 59.7 Å². The molecule has 6 nitrogen and oxygen atoms in total. The van der Waals surface area contributed by atoms with Crippen molar-refractivity contribution < 1.29 is 9.53 Å². The molecule has 3 aromatic rings. The number of fused-ring (bicyclic) bond motifs is 1. The van der Waals surface area contributed by atoms with E-state index in [-0.39, 0.29) is 5.91 Å². The molecule has 4 rings (SSSR count).